The molecule has 2 aromatic carbocycles. The van der Waals surface area contributed by atoms with Crippen molar-refractivity contribution in [3.8, 4) is 11.8 Å². The highest BCUT2D eigenvalue weighted by molar-refractivity contribution is 6.32. The lowest BCUT2D eigenvalue weighted by Crippen LogP contribution is -2.06. The van der Waals surface area contributed by atoms with Crippen LogP contribution in [0.4, 0.5) is 13.2 Å². The van der Waals surface area contributed by atoms with Gasteiger partial charge >= 0.3 is 6.18 Å². The van der Waals surface area contributed by atoms with Gasteiger partial charge in [0, 0.05) is 28.2 Å². The zero-order chi connectivity index (χ0) is 18.7. The third kappa shape index (κ3) is 3.66. The Morgan fingerprint density at radius 1 is 1.04 bits per heavy atom. The predicted molar refractivity (Wildman–Crippen MR) is 95.7 cm³/mol. The minimum absolute atomic E-state index is 0.322. The smallest absolute Gasteiger partial charge is 0.317 e. The van der Waals surface area contributed by atoms with Gasteiger partial charge in [-0.3, -0.25) is 0 Å². The highest BCUT2D eigenvalue weighted by Gasteiger charge is 2.30. The first-order valence-electron chi connectivity index (χ1n) is 7.62. The molecule has 0 unspecified atom stereocenters. The highest BCUT2D eigenvalue weighted by Crippen LogP contribution is 2.31. The van der Waals surface area contributed by atoms with Gasteiger partial charge in [-0.25, -0.2) is 0 Å². The number of allylic oxidation sites excluding steroid dienone is 1. The summed E-state index contributed by atoms with van der Waals surface area (Å²) in [6, 6.07) is 17.4. The monoisotopic (exact) mass is 372 g/mol. The molecule has 3 rings (SSSR count). The molecule has 26 heavy (non-hydrogen) atoms. The number of nitrogens with zero attached hydrogens (tertiary/aromatic N) is 2. The summed E-state index contributed by atoms with van der Waals surface area (Å²) < 4.78 is 40.5. The molecule has 3 aromatic rings. The number of aromatic nitrogens is 1. The van der Waals surface area contributed by atoms with E-state index in [0.29, 0.717) is 27.5 Å². The van der Waals surface area contributed by atoms with Crippen molar-refractivity contribution < 1.29 is 13.2 Å². The van der Waals surface area contributed by atoms with Crippen LogP contribution in [0.2, 0.25) is 5.02 Å². The molecule has 130 valence electrons. The standard InChI is InChI=1S/C20H12ClF3N2/c21-19-9-2-1-8-18(19)14(13-25)11-16-7-4-10-26(16)17-6-3-5-15(12-17)20(22,23)24/h1-12H. The van der Waals surface area contributed by atoms with Crippen LogP contribution in [0.3, 0.4) is 0 Å². The van der Waals surface area contributed by atoms with Crippen molar-refractivity contribution in [1.29, 1.82) is 5.26 Å². The maximum Gasteiger partial charge on any atom is 0.416 e. The average Bonchev–Trinajstić information content (AvgIpc) is 3.08. The molecule has 6 heteroatoms. The number of alkyl halides is 3. The molecule has 0 spiro atoms. The van der Waals surface area contributed by atoms with Gasteiger partial charge in [0.25, 0.3) is 0 Å². The van der Waals surface area contributed by atoms with Gasteiger partial charge in [0.1, 0.15) is 0 Å². The van der Waals surface area contributed by atoms with E-state index in [1.807, 2.05) is 0 Å². The van der Waals surface area contributed by atoms with Crippen molar-refractivity contribution in [3.63, 3.8) is 0 Å². The number of rotatable bonds is 3. The Labute approximate surface area is 153 Å². The van der Waals surface area contributed by atoms with Crippen molar-refractivity contribution in [1.82, 2.24) is 4.57 Å². The van der Waals surface area contributed by atoms with Crippen LogP contribution < -0.4 is 0 Å². The Kier molecular flexibility index (Phi) is 4.88. The second-order valence-electron chi connectivity index (χ2n) is 5.50. The Hall–Kier alpha value is -2.97. The molecule has 0 radical (unpaired) electrons. The summed E-state index contributed by atoms with van der Waals surface area (Å²) in [5.74, 6) is 0. The SMILES string of the molecule is N#CC(=Cc1cccn1-c1cccc(C(F)(F)F)c1)c1ccccc1Cl. The summed E-state index contributed by atoms with van der Waals surface area (Å²) in [5.41, 5.74) is 1.08. The second kappa shape index (κ2) is 7.11. The quantitative estimate of drug-likeness (QED) is 0.502. The van der Waals surface area contributed by atoms with Crippen LogP contribution in [0.1, 0.15) is 16.8 Å². The largest absolute Gasteiger partial charge is 0.416 e. The Morgan fingerprint density at radius 2 is 1.81 bits per heavy atom. The van der Waals surface area contributed by atoms with E-state index in [2.05, 4.69) is 6.07 Å². The molecule has 2 nitrogen and oxygen atoms in total. The lowest BCUT2D eigenvalue weighted by Gasteiger charge is -2.11. The number of nitriles is 1. The molecule has 1 aromatic heterocycles. The first-order valence-corrected chi connectivity index (χ1v) is 7.99. The van der Waals surface area contributed by atoms with E-state index < -0.39 is 11.7 Å². The summed E-state index contributed by atoms with van der Waals surface area (Å²) in [5, 5.41) is 9.91. The first kappa shape index (κ1) is 17.8. The molecule has 1 heterocycles. The van der Waals surface area contributed by atoms with E-state index in [1.54, 1.807) is 59.3 Å². The maximum atomic E-state index is 13.0. The Morgan fingerprint density at radius 3 is 2.50 bits per heavy atom. The normalized spacial score (nSPS) is 12.0. The molecule has 0 aliphatic rings. The average molecular weight is 373 g/mol. The zero-order valence-electron chi connectivity index (χ0n) is 13.3. The van der Waals surface area contributed by atoms with Crippen LogP contribution in [0, 0.1) is 11.3 Å². The van der Waals surface area contributed by atoms with Crippen LogP contribution in [0.5, 0.6) is 0 Å². The second-order valence-corrected chi connectivity index (χ2v) is 5.91. The zero-order valence-corrected chi connectivity index (χ0v) is 14.1. The van der Waals surface area contributed by atoms with E-state index in [0.717, 1.165) is 12.1 Å². The van der Waals surface area contributed by atoms with Gasteiger partial charge < -0.3 is 4.57 Å². The van der Waals surface area contributed by atoms with Gasteiger partial charge in [-0.1, -0.05) is 35.9 Å². The van der Waals surface area contributed by atoms with E-state index in [-0.39, 0.29) is 0 Å². The van der Waals surface area contributed by atoms with Crippen molar-refractivity contribution in [2.75, 3.05) is 0 Å². The molecule has 0 fully saturated rings. The Balaban J connectivity index is 2.07. The fourth-order valence-electron chi connectivity index (χ4n) is 2.58. The number of hydrogen-bond acceptors (Lipinski definition) is 1. The van der Waals surface area contributed by atoms with Gasteiger partial charge in [-0.15, -0.1) is 0 Å². The van der Waals surface area contributed by atoms with Crippen LogP contribution in [0.25, 0.3) is 17.3 Å². The van der Waals surface area contributed by atoms with Gasteiger partial charge in [-0.05, 0) is 42.5 Å². The molecule has 0 aliphatic carbocycles. The maximum absolute atomic E-state index is 13.0. The molecule has 0 amide bonds. The van der Waals surface area contributed by atoms with E-state index in [9.17, 15) is 18.4 Å². The summed E-state index contributed by atoms with van der Waals surface area (Å²) in [4.78, 5) is 0. The van der Waals surface area contributed by atoms with Crippen molar-refractivity contribution in [2.45, 2.75) is 6.18 Å². The van der Waals surface area contributed by atoms with Crippen molar-refractivity contribution in [3.05, 3.63) is 88.7 Å². The van der Waals surface area contributed by atoms with Gasteiger partial charge in [0.15, 0.2) is 0 Å². The topological polar surface area (TPSA) is 28.7 Å². The number of hydrogen-bond donors (Lipinski definition) is 0. The van der Waals surface area contributed by atoms with Crippen LogP contribution in [-0.4, -0.2) is 4.57 Å². The van der Waals surface area contributed by atoms with E-state index in [1.165, 1.54) is 6.07 Å². The molecule has 0 saturated carbocycles. The molecule has 0 saturated heterocycles. The lowest BCUT2D eigenvalue weighted by molar-refractivity contribution is -0.137. The summed E-state index contributed by atoms with van der Waals surface area (Å²) in [6.45, 7) is 0. The summed E-state index contributed by atoms with van der Waals surface area (Å²) in [6.07, 6.45) is -1.18. The van der Waals surface area contributed by atoms with Crippen LogP contribution >= 0.6 is 11.6 Å². The number of benzene rings is 2. The minimum Gasteiger partial charge on any atom is -0.317 e. The van der Waals surface area contributed by atoms with E-state index in [4.69, 9.17) is 11.6 Å². The molecular formula is C20H12ClF3N2. The Bertz CT molecular complexity index is 1010. The first-order chi connectivity index (χ1) is 12.4. The minimum atomic E-state index is -4.42. The van der Waals surface area contributed by atoms with Gasteiger partial charge in [0.05, 0.1) is 17.2 Å². The fourth-order valence-corrected chi connectivity index (χ4v) is 2.81. The third-order valence-corrected chi connectivity index (χ3v) is 4.14. The van der Waals surface area contributed by atoms with Crippen LogP contribution in [-0.2, 0) is 6.18 Å². The lowest BCUT2D eigenvalue weighted by atomic mass is 10.1. The highest BCUT2D eigenvalue weighted by atomic mass is 35.5. The van der Waals surface area contributed by atoms with Crippen LogP contribution in [0.15, 0.2) is 66.9 Å². The molecular weight excluding hydrogens is 361 g/mol. The molecule has 0 aliphatic heterocycles. The van der Waals surface area contributed by atoms with Gasteiger partial charge in [0.2, 0.25) is 0 Å². The molecule has 0 atom stereocenters. The van der Waals surface area contributed by atoms with Gasteiger partial charge in [-0.2, -0.15) is 18.4 Å². The van der Waals surface area contributed by atoms with Crippen molar-refractivity contribution in [2.24, 2.45) is 0 Å². The summed E-state index contributed by atoms with van der Waals surface area (Å²) >= 11 is 6.14. The van der Waals surface area contributed by atoms with Crippen molar-refractivity contribution >= 4 is 23.3 Å². The predicted octanol–water partition coefficient (Wildman–Crippen LogP) is 6.21. The molecule has 0 N–H and O–H groups in total. The number of halogens is 4. The third-order valence-electron chi connectivity index (χ3n) is 3.81. The fraction of sp³-hybridized carbons (Fsp3) is 0.0500. The van der Waals surface area contributed by atoms with E-state index >= 15 is 0 Å². The molecule has 0 bridgehead atoms. The summed E-state index contributed by atoms with van der Waals surface area (Å²) in [7, 11) is 0.